The van der Waals surface area contributed by atoms with Crippen molar-refractivity contribution in [2.45, 2.75) is 57.1 Å². The first kappa shape index (κ1) is 76.6. The van der Waals surface area contributed by atoms with Gasteiger partial charge in [-0.3, -0.25) is 18.2 Å². The van der Waals surface area contributed by atoms with E-state index in [9.17, 15) is 94.5 Å². The number of fused-ring (bicyclic) bond motifs is 4. The van der Waals surface area contributed by atoms with Gasteiger partial charge < -0.3 is 63.1 Å². The van der Waals surface area contributed by atoms with Crippen molar-refractivity contribution in [2.75, 3.05) is 33.5 Å². The number of hydrogen-bond acceptors (Lipinski definition) is 31. The molecule has 35 nitrogen and oxygen atoms in total. The maximum Gasteiger partial charge on any atom is 0.320 e. The maximum atomic E-state index is 12.6. The van der Waals surface area contributed by atoms with Gasteiger partial charge in [0.2, 0.25) is 29.1 Å². The molecule has 106 heavy (non-hydrogen) atoms. The summed E-state index contributed by atoms with van der Waals surface area (Å²) in [5.41, 5.74) is -0.393. The monoisotopic (exact) mass is 1580 g/mol. The zero-order valence-electron chi connectivity index (χ0n) is 54.7. The number of nitrogens with one attached hydrogen (secondary N) is 2. The fraction of sp³-hybridized carbons (Fsp3) is 0.0938. The SMILES string of the molecule is CCN(c1ccccc1)c1nc(Cl)nc(Nc2cc(S(=O)(=O)O)cc3cc(S(O)(O)O)c(N=Nc4ccc5c(C)cccc5c4S(=O)(=O)O)c(O)c23)n1.CCN(c1ccccc1)c1nc(O)nc(Nc2cc(S(=O)(=O)O)cc3cc(S(O)(O)O)c(N=Nc4ccc5c(C)cccc5c4S(=O)(=O)O)c(O)c23)n1. The molecule has 0 unspecified atom stereocenters. The van der Waals surface area contributed by atoms with Crippen molar-refractivity contribution in [2.24, 2.45) is 20.5 Å². The van der Waals surface area contributed by atoms with Crippen molar-refractivity contribution < 1.29 is 94.5 Å². The summed E-state index contributed by atoms with van der Waals surface area (Å²) >= 11 is 6.26. The van der Waals surface area contributed by atoms with Crippen molar-refractivity contribution in [1.29, 1.82) is 0 Å². The highest BCUT2D eigenvalue weighted by atomic mass is 35.5. The van der Waals surface area contributed by atoms with E-state index < -0.39 is 132 Å². The highest BCUT2D eigenvalue weighted by molar-refractivity contribution is 8.19. The number of nitrogens with zero attached hydrogens (tertiary/aromatic N) is 12. The minimum absolute atomic E-state index is 0.0422. The maximum absolute atomic E-state index is 12.6. The molecular formula is C64H57ClN14O21S6. The average Bonchev–Trinajstić information content (AvgIpc) is 0.750. The van der Waals surface area contributed by atoms with Crippen LogP contribution in [-0.2, 0) is 40.5 Å². The van der Waals surface area contributed by atoms with Crippen molar-refractivity contribution >= 4 is 186 Å². The molecule has 0 aliphatic carbocycles. The summed E-state index contributed by atoms with van der Waals surface area (Å²) in [7, 11) is -29.4. The third-order valence-corrected chi connectivity index (χ3v) is 21.4. The van der Waals surface area contributed by atoms with Crippen LogP contribution in [0.25, 0.3) is 43.1 Å². The van der Waals surface area contributed by atoms with Gasteiger partial charge in [-0.05, 0) is 145 Å². The van der Waals surface area contributed by atoms with Crippen LogP contribution >= 0.6 is 33.3 Å². The summed E-state index contributed by atoms with van der Waals surface area (Å²) in [5.74, 6) is -2.48. The molecule has 10 aromatic carbocycles. The molecule has 0 radical (unpaired) electrons. The number of phenolic OH excluding ortho intramolecular Hbond substituents is 2. The summed E-state index contributed by atoms with van der Waals surface area (Å²) in [6.07, 6.45) is 0. The summed E-state index contributed by atoms with van der Waals surface area (Å²) in [6.45, 7) is 7.76. The Morgan fingerprint density at radius 3 is 1.17 bits per heavy atom. The second kappa shape index (κ2) is 29.4. The Hall–Kier alpha value is -10.6. The number of aromatic nitrogens is 6. The minimum atomic E-state index is -4.97. The second-order valence-corrected chi connectivity index (χ2v) is 31.5. The molecule has 0 amide bonds. The molecule has 0 aliphatic heterocycles. The van der Waals surface area contributed by atoms with E-state index in [0.29, 0.717) is 46.4 Å². The number of benzene rings is 10. The van der Waals surface area contributed by atoms with E-state index in [2.05, 4.69) is 61.0 Å². The molecule has 0 saturated carbocycles. The van der Waals surface area contributed by atoms with E-state index in [1.807, 2.05) is 13.0 Å². The predicted octanol–water partition coefficient (Wildman–Crippen LogP) is 15.5. The van der Waals surface area contributed by atoms with Crippen molar-refractivity contribution in [1.82, 2.24) is 29.9 Å². The predicted molar refractivity (Wildman–Crippen MR) is 395 cm³/mol. The van der Waals surface area contributed by atoms with Crippen molar-refractivity contribution in [3.8, 4) is 17.5 Å². The fourth-order valence-corrected chi connectivity index (χ4v) is 15.5. The molecule has 0 spiro atoms. The lowest BCUT2D eigenvalue weighted by Crippen LogP contribution is -2.19. The van der Waals surface area contributed by atoms with E-state index in [1.54, 1.807) is 109 Å². The minimum Gasteiger partial charge on any atom is -0.505 e. The number of aryl methyl sites for hydroxylation is 2. The van der Waals surface area contributed by atoms with E-state index in [1.165, 1.54) is 36.4 Å². The number of para-hydroxylation sites is 2. The lowest BCUT2D eigenvalue weighted by Gasteiger charge is -2.23. The normalized spacial score (nSPS) is 12.8. The lowest BCUT2D eigenvalue weighted by molar-refractivity contribution is 0.373. The van der Waals surface area contributed by atoms with Gasteiger partial charge in [0.25, 0.3) is 40.5 Å². The van der Waals surface area contributed by atoms with Crippen molar-refractivity contribution in [3.05, 3.63) is 174 Å². The van der Waals surface area contributed by atoms with Gasteiger partial charge in [0, 0.05) is 46.0 Å². The molecule has 15 N–H and O–H groups in total. The summed E-state index contributed by atoms with van der Waals surface area (Å²) < 4.78 is 202. The van der Waals surface area contributed by atoms with Crippen LogP contribution in [0.2, 0.25) is 5.28 Å². The Labute approximate surface area is 609 Å². The molecule has 12 rings (SSSR count). The molecular weight excluding hydrogens is 1530 g/mol. The number of aromatic hydroxyl groups is 3. The van der Waals surface area contributed by atoms with Crippen LogP contribution in [0.3, 0.4) is 0 Å². The Morgan fingerprint density at radius 2 is 0.802 bits per heavy atom. The molecule has 42 heteroatoms. The lowest BCUT2D eigenvalue weighted by atomic mass is 10.1. The van der Waals surface area contributed by atoms with Crippen LogP contribution in [0.5, 0.6) is 17.5 Å². The Bertz CT molecular complexity index is 5730. The number of rotatable bonds is 20. The van der Waals surface area contributed by atoms with Gasteiger partial charge in [0.05, 0.1) is 31.0 Å². The Morgan fingerprint density at radius 1 is 0.415 bits per heavy atom. The molecule has 0 bridgehead atoms. The van der Waals surface area contributed by atoms with Crippen LogP contribution in [0, 0.1) is 13.8 Å². The van der Waals surface area contributed by atoms with Gasteiger partial charge >= 0.3 is 6.01 Å². The first-order valence-corrected chi connectivity index (χ1v) is 39.4. The zero-order valence-corrected chi connectivity index (χ0v) is 60.4. The largest absolute Gasteiger partial charge is 0.505 e. The summed E-state index contributed by atoms with van der Waals surface area (Å²) in [4.78, 5) is 23.6. The molecule has 2 heterocycles. The molecule has 0 aliphatic rings. The fourth-order valence-electron chi connectivity index (χ4n) is 11.3. The number of hydrogen-bond donors (Lipinski definition) is 15. The van der Waals surface area contributed by atoms with Crippen LogP contribution < -0.4 is 20.4 Å². The second-order valence-electron chi connectivity index (χ2n) is 22.7. The highest BCUT2D eigenvalue weighted by Gasteiger charge is 2.32. The quantitative estimate of drug-likeness (QED) is 0.0249. The van der Waals surface area contributed by atoms with Gasteiger partial charge in [-0.15, -0.1) is 20.5 Å². The van der Waals surface area contributed by atoms with Gasteiger partial charge in [-0.25, -0.2) is 0 Å². The number of phenols is 2. The molecule has 12 aromatic rings. The molecule has 0 fully saturated rings. The summed E-state index contributed by atoms with van der Waals surface area (Å²) in [6, 6.07) is 37.1. The zero-order chi connectivity index (χ0) is 76.9. The number of halogens is 1. The smallest absolute Gasteiger partial charge is 0.320 e. The number of azo groups is 2. The van der Waals surface area contributed by atoms with Gasteiger partial charge in [-0.1, -0.05) is 84.9 Å². The van der Waals surface area contributed by atoms with E-state index >= 15 is 0 Å². The van der Waals surface area contributed by atoms with Crippen LogP contribution in [-0.4, -0.2) is 138 Å². The molecule has 552 valence electrons. The van der Waals surface area contributed by atoms with Gasteiger partial charge in [0.15, 0.2) is 11.5 Å². The Balaban J connectivity index is 0.000000212. The standard InChI is InChI=1S/C32H28ClN7O10S3.C32H29N7O11S3/c1-3-40(19-9-5-4-6-10-19)32-36-30(33)35-31(37-32)34-24-16-20(51(42,43)44)14-18-15-25(52(45,46)47)27(28(41)26(18)24)39-38-23-13-12-21-17(2)8-7-11-22(21)29(23)53(48,49)50;1-3-39(19-9-5-4-6-10-19)31-34-30(35-32(41)36-31)33-24-16-20(51(42,43)44)14-18-15-25(52(45,46)47)27(28(40)26(18)24)38-37-23-13-12-21-17(2)8-7-11-22(21)29(23)53(48,49)50/h4-16,41,45-47H,3H2,1-2H3,(H,42,43,44)(H,48,49,50)(H,34,35,36,37);4-16,40,45-47H,3H2,1-2H3,(H,42,43,44)(H,48,49,50)(H2,33,34,35,36,41). The molecule has 2 aromatic heterocycles. The van der Waals surface area contributed by atoms with Crippen molar-refractivity contribution in [3.63, 3.8) is 0 Å². The van der Waals surface area contributed by atoms with Crippen LogP contribution in [0.15, 0.2) is 208 Å². The van der Waals surface area contributed by atoms with E-state index in [0.717, 1.165) is 36.4 Å². The van der Waals surface area contributed by atoms with E-state index in [4.69, 9.17) is 11.6 Å². The highest BCUT2D eigenvalue weighted by Crippen LogP contribution is 2.58. The number of anilines is 8. The van der Waals surface area contributed by atoms with E-state index in [-0.39, 0.29) is 72.8 Å². The van der Waals surface area contributed by atoms with Crippen LogP contribution in [0.1, 0.15) is 25.0 Å². The van der Waals surface area contributed by atoms with Crippen LogP contribution in [0.4, 0.5) is 69.3 Å². The first-order valence-electron chi connectivity index (χ1n) is 30.3. The third-order valence-electron chi connectivity index (χ3n) is 15.8. The molecule has 0 saturated heterocycles. The van der Waals surface area contributed by atoms with Gasteiger partial charge in [0.1, 0.15) is 54.3 Å². The molecule has 0 atom stereocenters. The van der Waals surface area contributed by atoms with Gasteiger partial charge in [-0.2, -0.15) is 63.6 Å². The first-order chi connectivity index (χ1) is 49.7. The average molecular weight is 1590 g/mol. The summed E-state index contributed by atoms with van der Waals surface area (Å²) in [5, 5.41) is 54.4. The Kier molecular flexibility index (Phi) is 21.3. The topological polar surface area (TPSA) is 557 Å². The third kappa shape index (κ3) is 16.3.